The first-order valence-corrected chi connectivity index (χ1v) is 9.27. The highest BCUT2D eigenvalue weighted by Gasteiger charge is 2.02. The van der Waals surface area contributed by atoms with Crippen LogP contribution in [0.2, 0.25) is 0 Å². The van der Waals surface area contributed by atoms with E-state index in [-0.39, 0.29) is 0 Å². The lowest BCUT2D eigenvalue weighted by Gasteiger charge is -2.10. The fraction of sp³-hybridized carbons (Fsp3) is 0.120. The standard InChI is InChI=1S/C25H23NO/c1-19-9-13-23(14-10-19)26-17-20-11-15-24(16-12-20)27-18-22-7-4-6-21-5-2-3-8-25(21)22/h2-16,26H,17-18H2,1H3. The van der Waals surface area contributed by atoms with Crippen molar-refractivity contribution < 1.29 is 4.74 Å². The number of nitrogens with one attached hydrogen (secondary N) is 1. The highest BCUT2D eigenvalue weighted by Crippen LogP contribution is 2.21. The molecule has 4 aromatic rings. The van der Waals surface area contributed by atoms with Gasteiger partial charge in [-0.1, -0.05) is 72.3 Å². The number of fused-ring (bicyclic) bond motifs is 1. The molecule has 0 radical (unpaired) electrons. The van der Waals surface area contributed by atoms with Crippen molar-refractivity contribution >= 4 is 16.5 Å². The van der Waals surface area contributed by atoms with Crippen LogP contribution in [-0.2, 0) is 13.2 Å². The lowest BCUT2D eigenvalue weighted by Crippen LogP contribution is -2.00. The van der Waals surface area contributed by atoms with Crippen LogP contribution in [0, 0.1) is 6.92 Å². The van der Waals surface area contributed by atoms with Crippen molar-refractivity contribution in [2.24, 2.45) is 0 Å². The number of benzene rings is 4. The third-order valence-corrected chi connectivity index (χ3v) is 4.75. The minimum atomic E-state index is 0.572. The van der Waals surface area contributed by atoms with Gasteiger partial charge in [-0.3, -0.25) is 0 Å². The van der Waals surface area contributed by atoms with Gasteiger partial charge in [0.15, 0.2) is 0 Å². The summed E-state index contributed by atoms with van der Waals surface area (Å²) in [5.41, 5.74) is 4.84. The monoisotopic (exact) mass is 353 g/mol. The van der Waals surface area contributed by atoms with Crippen molar-refractivity contribution in [2.75, 3.05) is 5.32 Å². The maximum atomic E-state index is 6.01. The molecule has 0 unspecified atom stereocenters. The highest BCUT2D eigenvalue weighted by atomic mass is 16.5. The summed E-state index contributed by atoms with van der Waals surface area (Å²) in [4.78, 5) is 0. The van der Waals surface area contributed by atoms with Crippen LogP contribution in [0.15, 0.2) is 91.0 Å². The Hall–Kier alpha value is -3.26. The van der Waals surface area contributed by atoms with Gasteiger partial charge in [-0.05, 0) is 53.1 Å². The molecule has 0 spiro atoms. The molecule has 1 N–H and O–H groups in total. The van der Waals surface area contributed by atoms with Crippen molar-refractivity contribution in [1.82, 2.24) is 0 Å². The fourth-order valence-electron chi connectivity index (χ4n) is 3.16. The van der Waals surface area contributed by atoms with E-state index in [4.69, 9.17) is 4.74 Å². The molecule has 0 saturated heterocycles. The number of aryl methyl sites for hydroxylation is 1. The predicted molar refractivity (Wildman–Crippen MR) is 113 cm³/mol. The van der Waals surface area contributed by atoms with Gasteiger partial charge in [0.25, 0.3) is 0 Å². The quantitative estimate of drug-likeness (QED) is 0.437. The average Bonchev–Trinajstić information content (AvgIpc) is 2.72. The highest BCUT2D eigenvalue weighted by molar-refractivity contribution is 5.85. The third kappa shape index (κ3) is 4.29. The molecule has 0 heterocycles. The van der Waals surface area contributed by atoms with Crippen LogP contribution in [0.1, 0.15) is 16.7 Å². The number of ether oxygens (including phenoxy) is 1. The molecule has 0 saturated carbocycles. The van der Waals surface area contributed by atoms with Crippen LogP contribution in [0.3, 0.4) is 0 Å². The third-order valence-electron chi connectivity index (χ3n) is 4.75. The Labute approximate surface area is 160 Å². The summed E-state index contributed by atoms with van der Waals surface area (Å²) in [5, 5.41) is 5.94. The summed E-state index contributed by atoms with van der Waals surface area (Å²) < 4.78 is 6.01. The first kappa shape index (κ1) is 17.2. The smallest absolute Gasteiger partial charge is 0.119 e. The van der Waals surface area contributed by atoms with Crippen molar-refractivity contribution in [1.29, 1.82) is 0 Å². The van der Waals surface area contributed by atoms with Crippen LogP contribution in [0.5, 0.6) is 5.75 Å². The van der Waals surface area contributed by atoms with E-state index in [0.29, 0.717) is 6.61 Å². The topological polar surface area (TPSA) is 21.3 Å². The second-order valence-corrected chi connectivity index (χ2v) is 6.79. The van der Waals surface area contributed by atoms with Crippen molar-refractivity contribution in [3.63, 3.8) is 0 Å². The molecular formula is C25H23NO. The Bertz CT molecular complexity index is 1010. The molecule has 134 valence electrons. The van der Waals surface area contributed by atoms with Gasteiger partial charge in [-0.15, -0.1) is 0 Å². The second kappa shape index (κ2) is 7.96. The van der Waals surface area contributed by atoms with Crippen LogP contribution < -0.4 is 10.1 Å². The van der Waals surface area contributed by atoms with E-state index in [0.717, 1.165) is 18.0 Å². The van der Waals surface area contributed by atoms with Crippen molar-refractivity contribution in [2.45, 2.75) is 20.1 Å². The van der Waals surface area contributed by atoms with Crippen molar-refractivity contribution in [3.8, 4) is 5.75 Å². The molecule has 27 heavy (non-hydrogen) atoms. The first-order chi connectivity index (χ1) is 13.3. The Morgan fingerprint density at radius 2 is 1.48 bits per heavy atom. The molecule has 0 fully saturated rings. The number of hydrogen-bond acceptors (Lipinski definition) is 2. The minimum Gasteiger partial charge on any atom is -0.489 e. The van der Waals surface area contributed by atoms with Crippen LogP contribution in [-0.4, -0.2) is 0 Å². The predicted octanol–water partition coefficient (Wildman–Crippen LogP) is 6.34. The number of rotatable bonds is 6. The van der Waals surface area contributed by atoms with E-state index in [1.165, 1.54) is 27.5 Å². The normalized spacial score (nSPS) is 10.7. The molecule has 4 rings (SSSR count). The maximum absolute atomic E-state index is 6.01. The Kier molecular flexibility index (Phi) is 5.06. The summed E-state index contributed by atoms with van der Waals surface area (Å²) in [6.07, 6.45) is 0. The summed E-state index contributed by atoms with van der Waals surface area (Å²) in [6, 6.07) is 31.5. The molecule has 2 heteroatoms. The van der Waals surface area contributed by atoms with E-state index in [1.807, 2.05) is 12.1 Å². The molecule has 0 bridgehead atoms. The van der Waals surface area contributed by atoms with Gasteiger partial charge in [0.2, 0.25) is 0 Å². The van der Waals surface area contributed by atoms with Gasteiger partial charge in [0, 0.05) is 12.2 Å². The molecular weight excluding hydrogens is 330 g/mol. The molecule has 2 nitrogen and oxygen atoms in total. The van der Waals surface area contributed by atoms with E-state index >= 15 is 0 Å². The lowest BCUT2D eigenvalue weighted by molar-refractivity contribution is 0.307. The average molecular weight is 353 g/mol. The number of anilines is 1. The molecule has 4 aromatic carbocycles. The van der Waals surface area contributed by atoms with Gasteiger partial charge in [0.05, 0.1) is 0 Å². The summed E-state index contributed by atoms with van der Waals surface area (Å²) in [7, 11) is 0. The SMILES string of the molecule is Cc1ccc(NCc2ccc(OCc3cccc4ccccc34)cc2)cc1. The largest absolute Gasteiger partial charge is 0.489 e. The van der Waals surface area contributed by atoms with E-state index in [2.05, 4.69) is 91.1 Å². The zero-order valence-corrected chi connectivity index (χ0v) is 15.5. The number of hydrogen-bond donors (Lipinski definition) is 1. The van der Waals surface area contributed by atoms with E-state index in [1.54, 1.807) is 0 Å². The van der Waals surface area contributed by atoms with Gasteiger partial charge >= 0.3 is 0 Å². The summed E-state index contributed by atoms with van der Waals surface area (Å²) in [6.45, 7) is 3.47. The van der Waals surface area contributed by atoms with Gasteiger partial charge in [-0.25, -0.2) is 0 Å². The Morgan fingerprint density at radius 3 is 2.30 bits per heavy atom. The molecule has 0 aliphatic heterocycles. The zero-order chi connectivity index (χ0) is 18.5. The first-order valence-electron chi connectivity index (χ1n) is 9.27. The lowest BCUT2D eigenvalue weighted by atomic mass is 10.1. The van der Waals surface area contributed by atoms with Crippen molar-refractivity contribution in [3.05, 3.63) is 108 Å². The summed E-state index contributed by atoms with van der Waals surface area (Å²) >= 11 is 0. The van der Waals surface area contributed by atoms with Crippen LogP contribution in [0.25, 0.3) is 10.8 Å². The van der Waals surface area contributed by atoms with Gasteiger partial charge in [0.1, 0.15) is 12.4 Å². The molecule has 0 aliphatic rings. The maximum Gasteiger partial charge on any atom is 0.119 e. The summed E-state index contributed by atoms with van der Waals surface area (Å²) in [5.74, 6) is 0.891. The Balaban J connectivity index is 1.37. The Morgan fingerprint density at radius 1 is 0.741 bits per heavy atom. The van der Waals surface area contributed by atoms with Crippen LogP contribution in [0.4, 0.5) is 5.69 Å². The zero-order valence-electron chi connectivity index (χ0n) is 15.5. The van der Waals surface area contributed by atoms with Gasteiger partial charge < -0.3 is 10.1 Å². The fourth-order valence-corrected chi connectivity index (χ4v) is 3.16. The molecule has 0 amide bonds. The minimum absolute atomic E-state index is 0.572. The van der Waals surface area contributed by atoms with E-state index < -0.39 is 0 Å². The molecule has 0 aliphatic carbocycles. The van der Waals surface area contributed by atoms with E-state index in [9.17, 15) is 0 Å². The molecule has 0 atom stereocenters. The molecule has 0 aromatic heterocycles. The second-order valence-electron chi connectivity index (χ2n) is 6.79. The van der Waals surface area contributed by atoms with Gasteiger partial charge in [-0.2, -0.15) is 0 Å². The van der Waals surface area contributed by atoms with Crippen LogP contribution >= 0.6 is 0 Å².